The Labute approximate surface area is 111 Å². The molecule has 4 nitrogen and oxygen atoms in total. The normalized spacial score (nSPS) is 10.2. The molecule has 1 heterocycles. The molecule has 0 aliphatic heterocycles. The second-order valence-corrected chi connectivity index (χ2v) is 4.50. The average molecular weight is 316 g/mol. The molecule has 17 heavy (non-hydrogen) atoms. The number of aromatic nitrogens is 2. The summed E-state index contributed by atoms with van der Waals surface area (Å²) in [5.41, 5.74) is 0.675. The molecule has 88 valence electrons. The molecular weight excluding hydrogens is 307 g/mol. The Balaban J connectivity index is 2.10. The number of halogens is 2. The number of hydrogen-bond acceptors (Lipinski definition) is 3. The lowest BCUT2D eigenvalue weighted by molar-refractivity contribution is 0.290. The van der Waals surface area contributed by atoms with Gasteiger partial charge >= 0.3 is 0 Å². The highest BCUT2D eigenvalue weighted by Crippen LogP contribution is 2.18. The van der Waals surface area contributed by atoms with E-state index in [4.69, 9.17) is 16.3 Å². The molecule has 0 spiro atoms. The van der Waals surface area contributed by atoms with Crippen molar-refractivity contribution in [2.75, 3.05) is 0 Å². The number of nitrogens with one attached hydrogen (secondary N) is 1. The van der Waals surface area contributed by atoms with Gasteiger partial charge in [0.05, 0.1) is 6.33 Å². The monoisotopic (exact) mass is 314 g/mol. The van der Waals surface area contributed by atoms with Crippen LogP contribution in [-0.2, 0) is 6.61 Å². The summed E-state index contributed by atoms with van der Waals surface area (Å²) in [6.45, 7) is 0.326. The van der Waals surface area contributed by atoms with Crippen LogP contribution >= 0.6 is 27.5 Å². The van der Waals surface area contributed by atoms with Crippen molar-refractivity contribution in [3.05, 3.63) is 56.0 Å². The average Bonchev–Trinajstić information content (AvgIpc) is 2.33. The Bertz CT molecular complexity index is 568. The highest BCUT2D eigenvalue weighted by Gasteiger charge is 2.06. The van der Waals surface area contributed by atoms with Crippen LogP contribution in [0.4, 0.5) is 0 Å². The summed E-state index contributed by atoms with van der Waals surface area (Å²) in [6, 6.07) is 7.26. The second-order valence-electron chi connectivity index (χ2n) is 3.27. The number of ether oxygens (including phenoxy) is 1. The number of rotatable bonds is 3. The maximum atomic E-state index is 11.3. The Morgan fingerprint density at radius 3 is 2.76 bits per heavy atom. The van der Waals surface area contributed by atoms with Crippen LogP contribution in [0.1, 0.15) is 5.56 Å². The van der Waals surface area contributed by atoms with E-state index in [1.54, 1.807) is 12.1 Å². The molecule has 0 aliphatic carbocycles. The van der Waals surface area contributed by atoms with Crippen LogP contribution in [0, 0.1) is 0 Å². The van der Waals surface area contributed by atoms with Gasteiger partial charge in [-0.05, 0) is 33.6 Å². The third-order valence-electron chi connectivity index (χ3n) is 2.05. The van der Waals surface area contributed by atoms with Crippen LogP contribution in [0.25, 0.3) is 0 Å². The van der Waals surface area contributed by atoms with Gasteiger partial charge in [0, 0.05) is 5.02 Å². The Hall–Kier alpha value is -1.33. The first-order chi connectivity index (χ1) is 8.16. The minimum Gasteiger partial charge on any atom is -0.472 e. The van der Waals surface area contributed by atoms with Gasteiger partial charge in [-0.25, -0.2) is 4.98 Å². The Morgan fingerprint density at radius 1 is 1.35 bits per heavy atom. The van der Waals surface area contributed by atoms with Crippen LogP contribution in [-0.4, -0.2) is 9.97 Å². The van der Waals surface area contributed by atoms with Crippen LogP contribution in [0.5, 0.6) is 5.88 Å². The minimum absolute atomic E-state index is 0.267. The van der Waals surface area contributed by atoms with Crippen molar-refractivity contribution in [2.24, 2.45) is 0 Å². The molecule has 0 aliphatic rings. The molecule has 1 aromatic heterocycles. The zero-order chi connectivity index (χ0) is 12.3. The molecule has 0 saturated heterocycles. The SMILES string of the molecule is O=c1[nH]cnc(OCc2ccc(Cl)cc2)c1Br. The molecule has 2 aromatic rings. The first-order valence-electron chi connectivity index (χ1n) is 4.77. The highest BCUT2D eigenvalue weighted by molar-refractivity contribution is 9.10. The molecule has 0 radical (unpaired) electrons. The summed E-state index contributed by atoms with van der Waals surface area (Å²) >= 11 is 8.88. The number of nitrogens with zero attached hydrogens (tertiary/aromatic N) is 1. The zero-order valence-corrected chi connectivity index (χ0v) is 11.0. The van der Waals surface area contributed by atoms with Gasteiger partial charge in [-0.15, -0.1) is 0 Å². The van der Waals surface area contributed by atoms with Gasteiger partial charge in [0.15, 0.2) is 0 Å². The zero-order valence-electron chi connectivity index (χ0n) is 8.61. The van der Waals surface area contributed by atoms with Gasteiger partial charge in [-0.2, -0.15) is 0 Å². The van der Waals surface area contributed by atoms with E-state index in [0.717, 1.165) is 5.56 Å². The summed E-state index contributed by atoms with van der Waals surface area (Å²) in [6.07, 6.45) is 1.30. The third kappa shape index (κ3) is 3.08. The van der Waals surface area contributed by atoms with Crippen molar-refractivity contribution in [3.8, 4) is 5.88 Å². The van der Waals surface area contributed by atoms with E-state index < -0.39 is 0 Å². The van der Waals surface area contributed by atoms with Crippen molar-refractivity contribution in [1.82, 2.24) is 9.97 Å². The standard InChI is InChI=1S/C11H8BrClN2O2/c12-9-10(16)14-6-15-11(9)17-5-7-1-3-8(13)4-2-7/h1-4,6H,5H2,(H,14,15,16). The van der Waals surface area contributed by atoms with Crippen molar-refractivity contribution in [3.63, 3.8) is 0 Å². The molecule has 0 fully saturated rings. The summed E-state index contributed by atoms with van der Waals surface area (Å²) in [5.74, 6) is 0.267. The van der Waals surface area contributed by atoms with Crippen LogP contribution in [0.2, 0.25) is 5.02 Å². The van der Waals surface area contributed by atoms with E-state index in [2.05, 4.69) is 25.9 Å². The number of H-pyrrole nitrogens is 1. The van der Waals surface area contributed by atoms with Crippen molar-refractivity contribution >= 4 is 27.5 Å². The smallest absolute Gasteiger partial charge is 0.268 e. The number of aromatic amines is 1. The first-order valence-corrected chi connectivity index (χ1v) is 5.94. The predicted octanol–water partition coefficient (Wildman–Crippen LogP) is 2.76. The molecule has 1 N–H and O–H groups in total. The predicted molar refractivity (Wildman–Crippen MR) is 68.3 cm³/mol. The maximum absolute atomic E-state index is 11.3. The lowest BCUT2D eigenvalue weighted by Crippen LogP contribution is -2.09. The Morgan fingerprint density at radius 2 is 2.06 bits per heavy atom. The molecule has 0 amide bonds. The van der Waals surface area contributed by atoms with Gasteiger partial charge in [0.25, 0.3) is 5.56 Å². The first kappa shape index (κ1) is 12.1. The summed E-state index contributed by atoms with van der Waals surface area (Å²) in [7, 11) is 0. The molecule has 1 aromatic carbocycles. The minimum atomic E-state index is -0.272. The molecule has 0 bridgehead atoms. The quantitative estimate of drug-likeness (QED) is 0.947. The van der Waals surface area contributed by atoms with Gasteiger partial charge in [0.1, 0.15) is 11.1 Å². The lowest BCUT2D eigenvalue weighted by Gasteiger charge is -2.06. The van der Waals surface area contributed by atoms with E-state index in [0.29, 0.717) is 11.6 Å². The molecule has 6 heteroatoms. The molecule has 0 unspecified atom stereocenters. The van der Waals surface area contributed by atoms with E-state index in [1.807, 2.05) is 12.1 Å². The summed E-state index contributed by atoms with van der Waals surface area (Å²) < 4.78 is 5.71. The van der Waals surface area contributed by atoms with E-state index in [-0.39, 0.29) is 15.9 Å². The van der Waals surface area contributed by atoms with Gasteiger partial charge in [-0.1, -0.05) is 23.7 Å². The fraction of sp³-hybridized carbons (Fsp3) is 0.0909. The number of hydrogen-bond donors (Lipinski definition) is 1. The number of benzene rings is 1. The maximum Gasteiger partial charge on any atom is 0.268 e. The van der Waals surface area contributed by atoms with E-state index in [9.17, 15) is 4.79 Å². The van der Waals surface area contributed by atoms with Crippen LogP contribution in [0.15, 0.2) is 39.9 Å². The fourth-order valence-electron chi connectivity index (χ4n) is 1.20. The van der Waals surface area contributed by atoms with Gasteiger partial charge in [0.2, 0.25) is 5.88 Å². The van der Waals surface area contributed by atoms with E-state index >= 15 is 0 Å². The Kier molecular flexibility index (Phi) is 3.81. The lowest BCUT2D eigenvalue weighted by atomic mass is 10.2. The topological polar surface area (TPSA) is 55.0 Å². The largest absolute Gasteiger partial charge is 0.472 e. The summed E-state index contributed by atoms with van der Waals surface area (Å²) in [5, 5.41) is 0.671. The van der Waals surface area contributed by atoms with Crippen molar-refractivity contribution in [1.29, 1.82) is 0 Å². The highest BCUT2D eigenvalue weighted by atomic mass is 79.9. The summed E-state index contributed by atoms with van der Waals surface area (Å²) in [4.78, 5) is 17.6. The van der Waals surface area contributed by atoms with Gasteiger partial charge < -0.3 is 9.72 Å². The third-order valence-corrected chi connectivity index (χ3v) is 3.00. The molecule has 0 saturated carbocycles. The van der Waals surface area contributed by atoms with E-state index in [1.165, 1.54) is 6.33 Å². The van der Waals surface area contributed by atoms with Crippen LogP contribution < -0.4 is 10.3 Å². The van der Waals surface area contributed by atoms with Crippen LogP contribution in [0.3, 0.4) is 0 Å². The fourth-order valence-corrected chi connectivity index (χ4v) is 1.66. The second kappa shape index (κ2) is 5.33. The molecule has 0 atom stereocenters. The molecular formula is C11H8BrClN2O2. The molecule has 2 rings (SSSR count). The van der Waals surface area contributed by atoms with Crippen molar-refractivity contribution < 1.29 is 4.74 Å². The van der Waals surface area contributed by atoms with Crippen molar-refractivity contribution in [2.45, 2.75) is 6.61 Å². The van der Waals surface area contributed by atoms with Gasteiger partial charge in [-0.3, -0.25) is 4.79 Å².